The van der Waals surface area contributed by atoms with E-state index >= 15 is 0 Å². The predicted octanol–water partition coefficient (Wildman–Crippen LogP) is 3.35. The molecule has 0 aliphatic carbocycles. The fourth-order valence-electron chi connectivity index (χ4n) is 4.30. The summed E-state index contributed by atoms with van der Waals surface area (Å²) in [4.78, 5) is 15.6. The Morgan fingerprint density at radius 3 is 2.84 bits per heavy atom. The molecule has 9 heteroatoms. The first kappa shape index (κ1) is 22.6. The lowest BCUT2D eigenvalue weighted by Crippen LogP contribution is -2.51. The van der Waals surface area contributed by atoms with Gasteiger partial charge in [-0.2, -0.15) is 0 Å². The molecule has 2 fully saturated rings. The molecule has 2 N–H and O–H groups in total. The summed E-state index contributed by atoms with van der Waals surface area (Å²) in [6.45, 7) is 4.54. The molecule has 1 aromatic heterocycles. The lowest BCUT2D eigenvalue weighted by atomic mass is 9.95. The van der Waals surface area contributed by atoms with Crippen molar-refractivity contribution in [3.63, 3.8) is 0 Å². The molecule has 1 aromatic carbocycles. The minimum Gasteiger partial charge on any atom is -0.497 e. The number of ether oxygens (including phenoxy) is 5. The van der Waals surface area contributed by atoms with Gasteiger partial charge in [0, 0.05) is 18.0 Å². The van der Waals surface area contributed by atoms with Gasteiger partial charge in [-0.05, 0) is 51.0 Å². The van der Waals surface area contributed by atoms with Crippen molar-refractivity contribution in [2.75, 3.05) is 20.3 Å². The Bertz CT molecular complexity index is 951. The average Bonchev–Trinajstić information content (AvgIpc) is 3.11. The number of hydrogen-bond donors (Lipinski definition) is 2. The van der Waals surface area contributed by atoms with Crippen molar-refractivity contribution in [3.8, 4) is 11.5 Å². The number of nitrogens with one attached hydrogen (secondary N) is 1. The molecule has 0 bridgehead atoms. The van der Waals surface area contributed by atoms with Gasteiger partial charge >= 0.3 is 6.09 Å². The summed E-state index contributed by atoms with van der Waals surface area (Å²) >= 11 is 0. The van der Waals surface area contributed by atoms with Gasteiger partial charge in [-0.25, -0.2) is 4.79 Å². The molecule has 174 valence electrons. The van der Waals surface area contributed by atoms with Crippen molar-refractivity contribution in [2.24, 2.45) is 0 Å². The largest absolute Gasteiger partial charge is 0.497 e. The average molecular weight is 447 g/mol. The molecule has 0 radical (unpaired) electrons. The van der Waals surface area contributed by atoms with Gasteiger partial charge in [0.15, 0.2) is 5.79 Å². The van der Waals surface area contributed by atoms with Crippen LogP contribution < -0.4 is 14.8 Å². The van der Waals surface area contributed by atoms with E-state index in [0.717, 1.165) is 16.7 Å². The molecule has 0 spiro atoms. The molecule has 2 aromatic rings. The van der Waals surface area contributed by atoms with E-state index in [-0.39, 0.29) is 24.4 Å². The highest BCUT2D eigenvalue weighted by Gasteiger charge is 2.39. The van der Waals surface area contributed by atoms with Gasteiger partial charge in [0.25, 0.3) is 0 Å². The Hall–Kier alpha value is -2.62. The number of amides is 1. The zero-order valence-electron chi connectivity index (χ0n) is 18.6. The number of carbonyl (C=O) groups is 1. The molecule has 9 nitrogen and oxygen atoms in total. The molecule has 1 unspecified atom stereocenters. The fraction of sp³-hybridized carbons (Fsp3) is 0.565. The topological polar surface area (TPSA) is 108 Å². The van der Waals surface area contributed by atoms with Crippen LogP contribution in [0.1, 0.15) is 33.1 Å². The Labute approximate surface area is 187 Å². The standard InChI is InChI=1S/C23H30N2O7/c1-23(2)30-13-16(32-23)11-21-19(25-22(26)27)7-5-15(31-21)12-29-20-8-9-24-18-6-4-14(28-3)10-17(18)20/h4,6,8-10,15-16,19,21,25H,5,7,11-13H2,1-3H3,(H,26,27)/t15-,16?,19+,21+/m0/s1. The summed E-state index contributed by atoms with van der Waals surface area (Å²) < 4.78 is 29.3. The molecule has 2 saturated heterocycles. The number of fused-ring (bicyclic) bond motifs is 1. The van der Waals surface area contributed by atoms with Crippen LogP contribution in [0, 0.1) is 0 Å². The summed E-state index contributed by atoms with van der Waals surface area (Å²) in [5.41, 5.74) is 0.817. The number of aromatic nitrogens is 1. The van der Waals surface area contributed by atoms with Crippen molar-refractivity contribution in [3.05, 3.63) is 30.5 Å². The number of pyridine rings is 1. The first-order valence-corrected chi connectivity index (χ1v) is 10.9. The smallest absolute Gasteiger partial charge is 0.404 e. The number of carboxylic acid groups (broad SMARTS) is 1. The second-order valence-corrected chi connectivity index (χ2v) is 8.62. The van der Waals surface area contributed by atoms with Crippen molar-refractivity contribution in [2.45, 2.75) is 63.3 Å². The highest BCUT2D eigenvalue weighted by molar-refractivity contribution is 5.86. The molecular weight excluding hydrogens is 416 g/mol. The van der Waals surface area contributed by atoms with Crippen molar-refractivity contribution < 1.29 is 33.6 Å². The summed E-state index contributed by atoms with van der Waals surface area (Å²) in [6, 6.07) is 7.17. The maximum atomic E-state index is 11.3. The van der Waals surface area contributed by atoms with Crippen molar-refractivity contribution in [1.29, 1.82) is 0 Å². The maximum Gasteiger partial charge on any atom is 0.404 e. The third kappa shape index (κ3) is 5.40. The first-order valence-electron chi connectivity index (χ1n) is 10.9. The molecule has 2 aliphatic rings. The molecule has 32 heavy (non-hydrogen) atoms. The molecule has 1 amide bonds. The Balaban J connectivity index is 1.42. The van der Waals surface area contributed by atoms with Crippen LogP contribution in [0.2, 0.25) is 0 Å². The minimum atomic E-state index is -1.06. The SMILES string of the molecule is COc1ccc2nccc(OC[C@@H]3CC[C@@H](NC(=O)O)[C@@H](CC4COC(C)(C)O4)O3)c2c1. The number of benzene rings is 1. The second-order valence-electron chi connectivity index (χ2n) is 8.62. The maximum absolute atomic E-state index is 11.3. The van der Waals surface area contributed by atoms with Gasteiger partial charge in [0.1, 0.15) is 18.1 Å². The molecule has 2 aliphatic heterocycles. The highest BCUT2D eigenvalue weighted by Crippen LogP contribution is 2.31. The quantitative estimate of drug-likeness (QED) is 0.667. The Morgan fingerprint density at radius 2 is 2.12 bits per heavy atom. The van der Waals surface area contributed by atoms with Gasteiger partial charge in [0.2, 0.25) is 0 Å². The van der Waals surface area contributed by atoms with Crippen LogP contribution in [0.5, 0.6) is 11.5 Å². The third-order valence-corrected chi connectivity index (χ3v) is 5.82. The van der Waals surface area contributed by atoms with Gasteiger partial charge < -0.3 is 34.1 Å². The van der Waals surface area contributed by atoms with E-state index < -0.39 is 11.9 Å². The zero-order chi connectivity index (χ0) is 22.7. The minimum absolute atomic E-state index is 0.149. The van der Waals surface area contributed by atoms with Crippen molar-refractivity contribution >= 4 is 17.0 Å². The number of rotatable bonds is 7. The number of methoxy groups -OCH3 is 1. The lowest BCUT2D eigenvalue weighted by Gasteiger charge is -2.37. The van der Waals surface area contributed by atoms with E-state index in [2.05, 4.69) is 10.3 Å². The van der Waals surface area contributed by atoms with Crippen LogP contribution in [-0.2, 0) is 14.2 Å². The van der Waals surface area contributed by atoms with Gasteiger partial charge in [0.05, 0.1) is 43.6 Å². The van der Waals surface area contributed by atoms with Crippen LogP contribution in [0.3, 0.4) is 0 Å². The molecular formula is C23H30N2O7. The molecule has 3 heterocycles. The molecule has 4 atom stereocenters. The molecule has 0 saturated carbocycles. The number of nitrogens with zero attached hydrogens (tertiary/aromatic N) is 1. The van der Waals surface area contributed by atoms with E-state index in [0.29, 0.717) is 38.2 Å². The monoisotopic (exact) mass is 446 g/mol. The fourth-order valence-corrected chi connectivity index (χ4v) is 4.30. The Morgan fingerprint density at radius 1 is 1.28 bits per heavy atom. The summed E-state index contributed by atoms with van der Waals surface area (Å²) in [7, 11) is 1.62. The van der Waals surface area contributed by atoms with Crippen LogP contribution in [0.15, 0.2) is 30.5 Å². The van der Waals surface area contributed by atoms with Crippen LogP contribution in [0.25, 0.3) is 10.9 Å². The summed E-state index contributed by atoms with van der Waals surface area (Å²) in [6.07, 6.45) is 1.89. The van der Waals surface area contributed by atoms with E-state index in [1.807, 2.05) is 38.1 Å². The Kier molecular flexibility index (Phi) is 6.68. The van der Waals surface area contributed by atoms with Crippen molar-refractivity contribution in [1.82, 2.24) is 10.3 Å². The zero-order valence-corrected chi connectivity index (χ0v) is 18.6. The van der Waals surface area contributed by atoms with Gasteiger partial charge in [-0.15, -0.1) is 0 Å². The van der Waals surface area contributed by atoms with Gasteiger partial charge in [-0.1, -0.05) is 0 Å². The number of hydrogen-bond acceptors (Lipinski definition) is 7. The normalized spacial score (nSPS) is 27.2. The van der Waals surface area contributed by atoms with Gasteiger partial charge in [-0.3, -0.25) is 4.98 Å². The summed E-state index contributed by atoms with van der Waals surface area (Å²) in [5.74, 6) is 0.795. The van der Waals surface area contributed by atoms with Crippen LogP contribution in [-0.4, -0.2) is 66.6 Å². The predicted molar refractivity (Wildman–Crippen MR) is 116 cm³/mol. The van der Waals surface area contributed by atoms with Crippen LogP contribution >= 0.6 is 0 Å². The highest BCUT2D eigenvalue weighted by atomic mass is 16.7. The van der Waals surface area contributed by atoms with E-state index in [9.17, 15) is 9.90 Å². The third-order valence-electron chi connectivity index (χ3n) is 5.82. The van der Waals surface area contributed by atoms with E-state index in [1.165, 1.54) is 0 Å². The lowest BCUT2D eigenvalue weighted by molar-refractivity contribution is -0.149. The first-order chi connectivity index (χ1) is 15.3. The summed E-state index contributed by atoms with van der Waals surface area (Å²) in [5, 5.41) is 12.7. The van der Waals surface area contributed by atoms with E-state index in [4.69, 9.17) is 23.7 Å². The molecule has 4 rings (SSSR count). The van der Waals surface area contributed by atoms with E-state index in [1.54, 1.807) is 13.3 Å². The van der Waals surface area contributed by atoms with Crippen LogP contribution in [0.4, 0.5) is 4.79 Å². The second kappa shape index (κ2) is 9.48.